The van der Waals surface area contributed by atoms with Gasteiger partial charge in [0.15, 0.2) is 0 Å². The van der Waals surface area contributed by atoms with Crippen molar-refractivity contribution in [3.63, 3.8) is 0 Å². The lowest BCUT2D eigenvalue weighted by Gasteiger charge is -2.24. The van der Waals surface area contributed by atoms with Crippen molar-refractivity contribution in [1.29, 1.82) is 0 Å². The van der Waals surface area contributed by atoms with E-state index in [1.807, 2.05) is 24.3 Å². The van der Waals surface area contributed by atoms with Gasteiger partial charge >= 0.3 is 5.97 Å². The van der Waals surface area contributed by atoms with Gasteiger partial charge in [0.25, 0.3) is 0 Å². The molecule has 0 aliphatic carbocycles. The molecule has 1 aliphatic heterocycles. The third kappa shape index (κ3) is 3.44. The van der Waals surface area contributed by atoms with Crippen LogP contribution in [-0.2, 0) is 11.3 Å². The van der Waals surface area contributed by atoms with Crippen LogP contribution in [0.5, 0.6) is 0 Å². The highest BCUT2D eigenvalue weighted by Crippen LogP contribution is 2.37. The molecule has 4 rings (SSSR count). The SMILES string of the molecule is O=C1C[C@@H](c2ccc(C(=O)O)cc2)c2cnn(Cc3ccc(Cl)cc3)c2N1. The minimum absolute atomic E-state index is 0.0901. The van der Waals surface area contributed by atoms with Crippen molar-refractivity contribution in [2.75, 3.05) is 5.32 Å². The summed E-state index contributed by atoms with van der Waals surface area (Å²) in [5.74, 6) is -0.545. The smallest absolute Gasteiger partial charge is 0.335 e. The van der Waals surface area contributed by atoms with Gasteiger partial charge in [0.2, 0.25) is 5.91 Å². The van der Waals surface area contributed by atoms with E-state index in [1.165, 1.54) is 0 Å². The van der Waals surface area contributed by atoms with Crippen molar-refractivity contribution in [3.8, 4) is 0 Å². The first-order chi connectivity index (χ1) is 13.0. The number of fused-ring (bicyclic) bond motifs is 1. The number of hydrogen-bond donors (Lipinski definition) is 2. The van der Waals surface area contributed by atoms with Crippen molar-refractivity contribution in [2.45, 2.75) is 18.9 Å². The molecule has 1 aliphatic rings. The van der Waals surface area contributed by atoms with Gasteiger partial charge in [-0.2, -0.15) is 5.10 Å². The Morgan fingerprint density at radius 3 is 2.56 bits per heavy atom. The van der Waals surface area contributed by atoms with Crippen LogP contribution >= 0.6 is 11.6 Å². The van der Waals surface area contributed by atoms with E-state index in [9.17, 15) is 9.59 Å². The molecule has 0 bridgehead atoms. The van der Waals surface area contributed by atoms with Crippen LogP contribution in [0.25, 0.3) is 0 Å². The summed E-state index contributed by atoms with van der Waals surface area (Å²) in [6, 6.07) is 14.1. The Bertz CT molecular complexity index is 1010. The normalized spacial score (nSPS) is 15.9. The van der Waals surface area contributed by atoms with E-state index in [2.05, 4.69) is 10.4 Å². The number of anilines is 1. The number of hydrogen-bond acceptors (Lipinski definition) is 3. The Balaban J connectivity index is 1.66. The van der Waals surface area contributed by atoms with Gasteiger partial charge < -0.3 is 10.4 Å². The molecule has 0 fully saturated rings. The van der Waals surface area contributed by atoms with E-state index >= 15 is 0 Å². The first-order valence-electron chi connectivity index (χ1n) is 8.44. The first kappa shape index (κ1) is 17.3. The summed E-state index contributed by atoms with van der Waals surface area (Å²) in [5.41, 5.74) is 3.05. The molecule has 0 spiro atoms. The molecule has 0 saturated carbocycles. The topological polar surface area (TPSA) is 84.2 Å². The number of carbonyl (C=O) groups is 2. The van der Waals surface area contributed by atoms with Crippen LogP contribution in [-0.4, -0.2) is 26.8 Å². The Hall–Kier alpha value is -3.12. The predicted octanol–water partition coefficient (Wildman–Crippen LogP) is 3.76. The summed E-state index contributed by atoms with van der Waals surface area (Å²) < 4.78 is 1.76. The van der Waals surface area contributed by atoms with Gasteiger partial charge in [-0.25, -0.2) is 9.48 Å². The van der Waals surface area contributed by atoms with Gasteiger partial charge in [-0.15, -0.1) is 0 Å². The highest BCUT2D eigenvalue weighted by molar-refractivity contribution is 6.30. The maximum absolute atomic E-state index is 12.3. The number of aromatic carboxylic acids is 1. The summed E-state index contributed by atoms with van der Waals surface area (Å²) >= 11 is 5.93. The van der Waals surface area contributed by atoms with Crippen LogP contribution in [0, 0.1) is 0 Å². The van der Waals surface area contributed by atoms with E-state index < -0.39 is 5.97 Å². The molecule has 7 heteroatoms. The highest BCUT2D eigenvalue weighted by Gasteiger charge is 2.30. The van der Waals surface area contributed by atoms with Crippen LogP contribution in [0.3, 0.4) is 0 Å². The molecule has 1 amide bonds. The third-order valence-corrected chi connectivity index (χ3v) is 4.95. The largest absolute Gasteiger partial charge is 0.478 e. The number of benzene rings is 2. The van der Waals surface area contributed by atoms with Crippen molar-refractivity contribution in [1.82, 2.24) is 9.78 Å². The van der Waals surface area contributed by atoms with E-state index in [0.717, 1.165) is 16.7 Å². The number of nitrogens with one attached hydrogen (secondary N) is 1. The van der Waals surface area contributed by atoms with Crippen molar-refractivity contribution in [2.24, 2.45) is 0 Å². The second-order valence-corrected chi connectivity index (χ2v) is 6.90. The highest BCUT2D eigenvalue weighted by atomic mass is 35.5. The molecule has 2 heterocycles. The minimum atomic E-state index is -0.973. The Kier molecular flexibility index (Phi) is 4.41. The molecule has 2 aromatic carbocycles. The fraction of sp³-hybridized carbons (Fsp3) is 0.150. The van der Waals surface area contributed by atoms with Crippen molar-refractivity contribution < 1.29 is 14.7 Å². The number of carboxylic acid groups (broad SMARTS) is 1. The molecule has 1 atom stereocenters. The molecular weight excluding hydrogens is 366 g/mol. The molecule has 0 unspecified atom stereocenters. The molecule has 27 heavy (non-hydrogen) atoms. The third-order valence-electron chi connectivity index (χ3n) is 4.70. The number of amides is 1. The monoisotopic (exact) mass is 381 g/mol. The van der Waals surface area contributed by atoms with E-state index in [0.29, 0.717) is 23.8 Å². The molecule has 2 N–H and O–H groups in total. The summed E-state index contributed by atoms with van der Waals surface area (Å²) in [7, 11) is 0. The molecule has 6 nitrogen and oxygen atoms in total. The summed E-state index contributed by atoms with van der Waals surface area (Å²) in [6.07, 6.45) is 2.06. The standard InChI is InChI=1S/C20H16ClN3O3/c21-15-7-1-12(2-8-15)11-24-19-17(10-22-24)16(9-18(25)23-19)13-3-5-14(6-4-13)20(26)27/h1-8,10,16H,9,11H2,(H,23,25)(H,26,27)/t16-/m0/s1. The van der Waals surface area contributed by atoms with Gasteiger partial charge in [-0.1, -0.05) is 35.9 Å². The molecule has 136 valence electrons. The number of halogens is 1. The lowest BCUT2D eigenvalue weighted by molar-refractivity contribution is -0.116. The Morgan fingerprint density at radius 2 is 1.89 bits per heavy atom. The van der Waals surface area contributed by atoms with E-state index in [-0.39, 0.29) is 17.4 Å². The van der Waals surface area contributed by atoms with Gasteiger partial charge in [0.05, 0.1) is 18.3 Å². The second kappa shape index (κ2) is 6.89. The van der Waals surface area contributed by atoms with Crippen molar-refractivity contribution in [3.05, 3.63) is 82.0 Å². The van der Waals surface area contributed by atoms with Crippen LogP contribution in [0.4, 0.5) is 5.82 Å². The number of carbonyl (C=O) groups excluding carboxylic acids is 1. The predicted molar refractivity (Wildman–Crippen MR) is 101 cm³/mol. The summed E-state index contributed by atoms with van der Waals surface area (Å²) in [6.45, 7) is 0.511. The van der Waals surface area contributed by atoms with E-state index in [1.54, 1.807) is 35.1 Å². The average molecular weight is 382 g/mol. The van der Waals surface area contributed by atoms with E-state index in [4.69, 9.17) is 16.7 Å². The maximum atomic E-state index is 12.3. The molecule has 3 aromatic rings. The zero-order valence-corrected chi connectivity index (χ0v) is 15.0. The zero-order valence-electron chi connectivity index (χ0n) is 14.2. The Labute approximate surface area is 160 Å². The lowest BCUT2D eigenvalue weighted by Crippen LogP contribution is -2.25. The number of rotatable bonds is 4. The fourth-order valence-corrected chi connectivity index (χ4v) is 3.43. The zero-order chi connectivity index (χ0) is 19.0. The number of nitrogens with zero attached hydrogens (tertiary/aromatic N) is 2. The lowest BCUT2D eigenvalue weighted by atomic mass is 9.87. The molecule has 0 radical (unpaired) electrons. The quantitative estimate of drug-likeness (QED) is 0.720. The van der Waals surface area contributed by atoms with Crippen LogP contribution in [0.15, 0.2) is 54.7 Å². The summed E-state index contributed by atoms with van der Waals surface area (Å²) in [5, 5.41) is 17.1. The number of carboxylic acids is 1. The van der Waals surface area contributed by atoms with Gasteiger partial charge in [-0.05, 0) is 35.4 Å². The fourth-order valence-electron chi connectivity index (χ4n) is 3.31. The van der Waals surface area contributed by atoms with Crippen LogP contribution in [0.1, 0.15) is 39.4 Å². The summed E-state index contributed by atoms with van der Waals surface area (Å²) in [4.78, 5) is 23.3. The van der Waals surface area contributed by atoms with Gasteiger partial charge in [-0.3, -0.25) is 4.79 Å². The minimum Gasteiger partial charge on any atom is -0.478 e. The van der Waals surface area contributed by atoms with Gasteiger partial charge in [0, 0.05) is 22.9 Å². The van der Waals surface area contributed by atoms with Gasteiger partial charge in [0.1, 0.15) is 5.82 Å². The first-order valence-corrected chi connectivity index (χ1v) is 8.82. The molecule has 0 saturated heterocycles. The van der Waals surface area contributed by atoms with Crippen LogP contribution in [0.2, 0.25) is 5.02 Å². The molecular formula is C20H16ClN3O3. The second-order valence-electron chi connectivity index (χ2n) is 6.46. The Morgan fingerprint density at radius 1 is 1.19 bits per heavy atom. The average Bonchev–Trinajstić information content (AvgIpc) is 3.05. The van der Waals surface area contributed by atoms with Crippen LogP contribution < -0.4 is 5.32 Å². The molecule has 1 aromatic heterocycles. The number of aromatic nitrogens is 2. The maximum Gasteiger partial charge on any atom is 0.335 e. The van der Waals surface area contributed by atoms with Crippen molar-refractivity contribution >= 4 is 29.3 Å².